The first kappa shape index (κ1) is 31.8. The molecule has 0 unspecified atom stereocenters. The van der Waals surface area contributed by atoms with E-state index >= 15 is 0 Å². The summed E-state index contributed by atoms with van der Waals surface area (Å²) in [6.07, 6.45) is 1.28. The van der Waals surface area contributed by atoms with Crippen LogP contribution in [0.5, 0.6) is 11.5 Å². The molecule has 0 amide bonds. The van der Waals surface area contributed by atoms with Gasteiger partial charge in [0.25, 0.3) is 11.2 Å². The van der Waals surface area contributed by atoms with Gasteiger partial charge in [0, 0.05) is 29.3 Å². The predicted octanol–water partition coefficient (Wildman–Crippen LogP) is 7.43. The number of hydrogen-bond donors (Lipinski definition) is 0. The normalized spacial score (nSPS) is 11.3. The molecule has 1 aromatic heterocycles. The number of nitro groups is 2. The summed E-state index contributed by atoms with van der Waals surface area (Å²) >= 11 is 6.45. The van der Waals surface area contributed by atoms with Crippen molar-refractivity contribution in [2.45, 2.75) is 33.3 Å². The molecule has 0 aliphatic heterocycles. The van der Waals surface area contributed by atoms with E-state index < -0.39 is 21.1 Å². The van der Waals surface area contributed by atoms with E-state index in [0.717, 1.165) is 15.8 Å². The van der Waals surface area contributed by atoms with Gasteiger partial charge in [0.15, 0.2) is 5.82 Å². The largest absolute Gasteiger partial charge is 0.496 e. The summed E-state index contributed by atoms with van der Waals surface area (Å²) in [5.74, 6) is 0.887. The van der Waals surface area contributed by atoms with Crippen molar-refractivity contribution in [2.75, 3.05) is 7.11 Å². The Labute approximate surface area is 267 Å². The fourth-order valence-electron chi connectivity index (χ4n) is 4.96. The highest BCUT2D eigenvalue weighted by atomic mass is 35.5. The molecule has 0 fully saturated rings. The summed E-state index contributed by atoms with van der Waals surface area (Å²) in [4.78, 5) is 40.5. The predicted molar refractivity (Wildman–Crippen MR) is 175 cm³/mol. The Hall–Kier alpha value is -5.62. The number of aryl methyl sites for hydroxylation is 1. The van der Waals surface area contributed by atoms with E-state index in [1.807, 2.05) is 32.9 Å². The van der Waals surface area contributed by atoms with Crippen LogP contribution in [0.15, 0.2) is 82.7 Å². The molecule has 0 bridgehead atoms. The molecular weight excluding hydrogens is 614 g/mol. The molecule has 0 atom stereocenters. The molecule has 0 N–H and O–H groups in total. The van der Waals surface area contributed by atoms with Crippen molar-refractivity contribution in [3.63, 3.8) is 0 Å². The van der Waals surface area contributed by atoms with Crippen molar-refractivity contribution in [2.24, 2.45) is 5.10 Å². The van der Waals surface area contributed by atoms with E-state index in [0.29, 0.717) is 27.8 Å². The summed E-state index contributed by atoms with van der Waals surface area (Å²) in [6.45, 7) is 5.75. The third kappa shape index (κ3) is 6.42. The van der Waals surface area contributed by atoms with Crippen LogP contribution in [0.2, 0.25) is 5.02 Å². The quantitative estimate of drug-likeness (QED) is 0.0866. The van der Waals surface area contributed by atoms with Gasteiger partial charge in [-0.2, -0.15) is 9.78 Å². The second kappa shape index (κ2) is 13.2. The van der Waals surface area contributed by atoms with Gasteiger partial charge in [-0.1, -0.05) is 49.7 Å². The second-order valence-corrected chi connectivity index (χ2v) is 11.1. The molecule has 5 aromatic rings. The zero-order valence-electron chi connectivity index (χ0n) is 25.3. The molecule has 234 valence electrons. The van der Waals surface area contributed by atoms with Crippen LogP contribution in [0.25, 0.3) is 22.3 Å². The number of aromatic nitrogens is 2. The first-order chi connectivity index (χ1) is 22.0. The number of methoxy groups -OCH3 is 1. The molecule has 0 spiro atoms. The van der Waals surface area contributed by atoms with Crippen molar-refractivity contribution in [1.29, 1.82) is 0 Å². The zero-order valence-corrected chi connectivity index (χ0v) is 26.0. The Bertz CT molecular complexity index is 2090. The molecule has 1 heterocycles. The van der Waals surface area contributed by atoms with Gasteiger partial charge >= 0.3 is 5.69 Å². The summed E-state index contributed by atoms with van der Waals surface area (Å²) in [7, 11) is 1.60. The monoisotopic (exact) mass is 641 g/mol. The van der Waals surface area contributed by atoms with Crippen LogP contribution in [0.3, 0.4) is 0 Å². The molecule has 0 aliphatic carbocycles. The van der Waals surface area contributed by atoms with Crippen LogP contribution >= 0.6 is 11.6 Å². The maximum absolute atomic E-state index is 13.8. The smallest absolute Gasteiger partial charge is 0.313 e. The minimum atomic E-state index is -0.657. The van der Waals surface area contributed by atoms with Crippen LogP contribution in [-0.2, 0) is 6.61 Å². The fourth-order valence-corrected chi connectivity index (χ4v) is 5.24. The van der Waals surface area contributed by atoms with Crippen LogP contribution in [0.1, 0.15) is 42.0 Å². The molecule has 0 saturated carbocycles. The number of ether oxygens (including phenoxy) is 2. The molecule has 0 radical (unpaired) electrons. The van der Waals surface area contributed by atoms with E-state index in [4.69, 9.17) is 26.1 Å². The summed E-state index contributed by atoms with van der Waals surface area (Å²) in [5.41, 5.74) is 2.50. The number of halogens is 1. The van der Waals surface area contributed by atoms with Gasteiger partial charge in [-0.3, -0.25) is 25.0 Å². The van der Waals surface area contributed by atoms with Gasteiger partial charge in [0.2, 0.25) is 5.75 Å². The molecule has 46 heavy (non-hydrogen) atoms. The average molecular weight is 642 g/mol. The van der Waals surface area contributed by atoms with Gasteiger partial charge in [0.05, 0.1) is 39.1 Å². The fraction of sp³-hybridized carbons (Fsp3) is 0.182. The van der Waals surface area contributed by atoms with Crippen LogP contribution in [0.4, 0.5) is 11.4 Å². The number of para-hydroxylation sites is 1. The van der Waals surface area contributed by atoms with Gasteiger partial charge in [-0.25, -0.2) is 4.98 Å². The highest BCUT2D eigenvalue weighted by Gasteiger charge is 2.22. The number of nitrogens with zero attached hydrogens (tertiary/aromatic N) is 5. The van der Waals surface area contributed by atoms with Crippen molar-refractivity contribution in [3.05, 3.63) is 131 Å². The highest BCUT2D eigenvalue weighted by Crippen LogP contribution is 2.37. The number of non-ortho nitro benzene ring substituents is 1. The Kier molecular flexibility index (Phi) is 9.10. The Morgan fingerprint density at radius 1 is 1.02 bits per heavy atom. The van der Waals surface area contributed by atoms with Crippen LogP contribution in [-0.4, -0.2) is 32.8 Å². The second-order valence-electron chi connectivity index (χ2n) is 10.7. The number of nitro benzene ring substituents is 2. The Morgan fingerprint density at radius 2 is 1.78 bits per heavy atom. The van der Waals surface area contributed by atoms with Gasteiger partial charge in [0.1, 0.15) is 12.4 Å². The number of benzene rings is 4. The lowest BCUT2D eigenvalue weighted by molar-refractivity contribution is -0.385. The first-order valence-electron chi connectivity index (χ1n) is 14.1. The lowest BCUT2D eigenvalue weighted by Gasteiger charge is -2.17. The van der Waals surface area contributed by atoms with E-state index in [9.17, 15) is 25.0 Å². The minimum Gasteiger partial charge on any atom is -0.496 e. The molecule has 12 nitrogen and oxygen atoms in total. The number of fused-ring (bicyclic) bond motifs is 1. The summed E-state index contributed by atoms with van der Waals surface area (Å²) in [6, 6.07) is 19.1. The summed E-state index contributed by atoms with van der Waals surface area (Å²) in [5, 5.41) is 27.8. The van der Waals surface area contributed by atoms with E-state index in [1.165, 1.54) is 36.5 Å². The van der Waals surface area contributed by atoms with Gasteiger partial charge in [-0.05, 0) is 59.9 Å². The van der Waals surface area contributed by atoms with E-state index in [1.54, 1.807) is 37.4 Å². The van der Waals surface area contributed by atoms with Crippen molar-refractivity contribution in [1.82, 2.24) is 9.66 Å². The van der Waals surface area contributed by atoms with E-state index in [2.05, 4.69) is 5.10 Å². The number of rotatable bonds is 10. The molecule has 13 heteroatoms. The van der Waals surface area contributed by atoms with Crippen LogP contribution in [0, 0.1) is 27.2 Å². The van der Waals surface area contributed by atoms with Crippen molar-refractivity contribution < 1.29 is 19.3 Å². The zero-order chi connectivity index (χ0) is 33.1. The van der Waals surface area contributed by atoms with Crippen molar-refractivity contribution >= 4 is 40.1 Å². The maximum Gasteiger partial charge on any atom is 0.313 e. The SMILES string of the molecule is COc1cc(C)c(-c2nc3ccccc3c(=O)n2N=Cc2cc(Cl)c(OCc3cccc([N+](=O)[O-])c3)c([N+](=O)[O-])c2)cc1C(C)C. The lowest BCUT2D eigenvalue weighted by Crippen LogP contribution is -2.20. The highest BCUT2D eigenvalue weighted by molar-refractivity contribution is 6.32. The Balaban J connectivity index is 1.59. The topological polar surface area (TPSA) is 152 Å². The molecule has 5 rings (SSSR count). The van der Waals surface area contributed by atoms with Gasteiger partial charge in [-0.15, -0.1) is 0 Å². The third-order valence-electron chi connectivity index (χ3n) is 7.26. The van der Waals surface area contributed by atoms with E-state index in [-0.39, 0.29) is 40.4 Å². The maximum atomic E-state index is 13.8. The standard InChI is InChI=1S/C33H28ClN5O7/c1-19(2)25-16-26(20(3)12-30(25)45-4)32-36-28-11-6-5-10-24(28)33(40)37(32)35-17-22-14-27(34)31(29(15-22)39(43)44)46-18-21-8-7-9-23(13-21)38(41)42/h5-17,19H,18H2,1-4H3. The van der Waals surface area contributed by atoms with Crippen LogP contribution < -0.4 is 15.0 Å². The minimum absolute atomic E-state index is 0.0853. The third-order valence-corrected chi connectivity index (χ3v) is 7.54. The molecule has 0 saturated heterocycles. The Morgan fingerprint density at radius 3 is 2.48 bits per heavy atom. The van der Waals surface area contributed by atoms with Gasteiger partial charge < -0.3 is 9.47 Å². The first-order valence-corrected chi connectivity index (χ1v) is 14.5. The molecule has 0 aliphatic rings. The number of hydrogen-bond acceptors (Lipinski definition) is 9. The summed E-state index contributed by atoms with van der Waals surface area (Å²) < 4.78 is 12.4. The molecule has 4 aromatic carbocycles. The average Bonchev–Trinajstić information content (AvgIpc) is 3.03. The lowest BCUT2D eigenvalue weighted by atomic mass is 9.96. The molecular formula is C33H28ClN5O7. The van der Waals surface area contributed by atoms with Crippen molar-refractivity contribution in [3.8, 4) is 22.9 Å².